The maximum Gasteiger partial charge on any atom is 0.337 e. The molecule has 0 spiro atoms. The van der Waals surface area contributed by atoms with Crippen LogP contribution < -0.4 is 0 Å². The van der Waals surface area contributed by atoms with E-state index in [0.717, 1.165) is 49.8 Å². The minimum absolute atomic E-state index is 0.273. The van der Waals surface area contributed by atoms with Gasteiger partial charge in [-0.3, -0.25) is 0 Å². The highest BCUT2D eigenvalue weighted by molar-refractivity contribution is 5.78. The van der Waals surface area contributed by atoms with Gasteiger partial charge in [-0.25, -0.2) is 14.2 Å². The summed E-state index contributed by atoms with van der Waals surface area (Å²) in [7, 11) is 1.37. The monoisotopic (exact) mass is 377 g/mol. The fourth-order valence-corrected chi connectivity index (χ4v) is 2.72. The van der Waals surface area contributed by atoms with E-state index in [1.807, 2.05) is 0 Å². The summed E-state index contributed by atoms with van der Waals surface area (Å²) in [5.41, 5.74) is 0.805. The zero-order valence-electron chi connectivity index (χ0n) is 16.3. The first kappa shape index (κ1) is 21.1. The van der Waals surface area contributed by atoms with Crippen LogP contribution in [-0.2, 0) is 20.7 Å². The molecular formula is C21H28FNO4. The zero-order valence-corrected chi connectivity index (χ0v) is 16.3. The van der Waals surface area contributed by atoms with Gasteiger partial charge in [-0.2, -0.15) is 0 Å². The number of ether oxygens (including phenoxy) is 2. The van der Waals surface area contributed by atoms with Crippen LogP contribution >= 0.6 is 0 Å². The summed E-state index contributed by atoms with van der Waals surface area (Å²) < 4.78 is 28.7. The molecule has 5 nitrogen and oxygen atoms in total. The zero-order chi connectivity index (χ0) is 19.7. The van der Waals surface area contributed by atoms with Gasteiger partial charge in [-0.15, -0.1) is 0 Å². The number of rotatable bonds is 11. The molecule has 2 rings (SSSR count). The summed E-state index contributed by atoms with van der Waals surface area (Å²) >= 11 is 0. The highest BCUT2D eigenvalue weighted by Gasteiger charge is 2.29. The molecule has 27 heavy (non-hydrogen) atoms. The van der Waals surface area contributed by atoms with Crippen molar-refractivity contribution in [2.24, 2.45) is 0 Å². The minimum atomic E-state index is -0.885. The van der Waals surface area contributed by atoms with Gasteiger partial charge < -0.3 is 13.9 Å². The second-order valence-corrected chi connectivity index (χ2v) is 7.02. The van der Waals surface area contributed by atoms with Crippen LogP contribution in [0.4, 0.5) is 4.39 Å². The molecule has 0 saturated carbocycles. The number of benzene rings is 1. The Morgan fingerprint density at radius 3 is 2.48 bits per heavy atom. The van der Waals surface area contributed by atoms with Crippen LogP contribution in [0, 0.1) is 5.82 Å². The van der Waals surface area contributed by atoms with Crippen molar-refractivity contribution < 1.29 is 23.1 Å². The highest BCUT2D eigenvalue weighted by Crippen LogP contribution is 2.20. The molecular weight excluding hydrogens is 349 g/mol. The van der Waals surface area contributed by atoms with Crippen molar-refractivity contribution >= 4 is 5.97 Å². The Morgan fingerprint density at radius 1 is 1.11 bits per heavy atom. The summed E-state index contributed by atoms with van der Waals surface area (Å²) in [4.78, 5) is 16.0. The molecule has 0 saturated heterocycles. The van der Waals surface area contributed by atoms with Crippen molar-refractivity contribution in [2.75, 3.05) is 13.7 Å². The van der Waals surface area contributed by atoms with Crippen LogP contribution in [0.1, 0.15) is 51.6 Å². The average Bonchev–Trinajstić information content (AvgIpc) is 3.12. The molecule has 1 aromatic carbocycles. The third kappa shape index (κ3) is 6.79. The molecule has 0 unspecified atom stereocenters. The van der Waals surface area contributed by atoms with Crippen molar-refractivity contribution in [3.63, 3.8) is 0 Å². The second kappa shape index (κ2) is 10.2. The van der Waals surface area contributed by atoms with Gasteiger partial charge in [0.25, 0.3) is 0 Å². The number of carbonyl (C=O) groups is 1. The van der Waals surface area contributed by atoms with E-state index in [4.69, 9.17) is 13.9 Å². The van der Waals surface area contributed by atoms with E-state index in [1.54, 1.807) is 32.2 Å². The number of hydrogen-bond acceptors (Lipinski definition) is 5. The van der Waals surface area contributed by atoms with Gasteiger partial charge in [-0.1, -0.05) is 19.3 Å². The van der Waals surface area contributed by atoms with Gasteiger partial charge >= 0.3 is 5.97 Å². The lowest BCUT2D eigenvalue weighted by Gasteiger charge is -2.22. The van der Waals surface area contributed by atoms with Crippen molar-refractivity contribution in [2.45, 2.75) is 58.0 Å². The number of aromatic nitrogens is 1. The van der Waals surface area contributed by atoms with Gasteiger partial charge in [-0.05, 0) is 57.4 Å². The van der Waals surface area contributed by atoms with Crippen LogP contribution in [0.25, 0.3) is 11.5 Å². The second-order valence-electron chi connectivity index (χ2n) is 7.02. The Hall–Kier alpha value is -2.21. The molecule has 2 aromatic rings. The van der Waals surface area contributed by atoms with E-state index in [0.29, 0.717) is 12.5 Å². The molecule has 148 valence electrons. The van der Waals surface area contributed by atoms with E-state index in [2.05, 4.69) is 4.98 Å². The Morgan fingerprint density at radius 2 is 1.78 bits per heavy atom. The first-order valence-corrected chi connectivity index (χ1v) is 9.35. The van der Waals surface area contributed by atoms with Crippen LogP contribution in [0.5, 0.6) is 0 Å². The van der Waals surface area contributed by atoms with Crippen LogP contribution in [0.3, 0.4) is 0 Å². The fraction of sp³-hybridized carbons (Fsp3) is 0.524. The Labute approximate surface area is 159 Å². The van der Waals surface area contributed by atoms with Crippen molar-refractivity contribution in [3.05, 3.63) is 42.0 Å². The Balaban J connectivity index is 1.58. The summed E-state index contributed by atoms with van der Waals surface area (Å²) in [6.45, 7) is 3.99. The smallest absolute Gasteiger partial charge is 0.337 e. The number of esters is 1. The maximum atomic E-state index is 13.0. The predicted octanol–water partition coefficient (Wildman–Crippen LogP) is 4.94. The molecule has 6 heteroatoms. The molecule has 0 fully saturated rings. The van der Waals surface area contributed by atoms with Gasteiger partial charge in [0.2, 0.25) is 5.89 Å². The van der Waals surface area contributed by atoms with Crippen molar-refractivity contribution in [1.82, 2.24) is 4.98 Å². The number of hydrogen-bond donors (Lipinski definition) is 0. The van der Waals surface area contributed by atoms with E-state index in [9.17, 15) is 9.18 Å². The normalized spacial score (nSPS) is 11.6. The van der Waals surface area contributed by atoms with Gasteiger partial charge in [0.1, 0.15) is 12.1 Å². The molecule has 0 amide bonds. The molecule has 0 N–H and O–H groups in total. The lowest BCUT2D eigenvalue weighted by molar-refractivity contribution is -0.165. The summed E-state index contributed by atoms with van der Waals surface area (Å²) in [5.74, 6) is -0.102. The Bertz CT molecular complexity index is 709. The third-order valence-electron chi connectivity index (χ3n) is 4.36. The van der Waals surface area contributed by atoms with Crippen LogP contribution in [0.15, 0.2) is 34.9 Å². The number of carbonyl (C=O) groups excluding carboxylic acids is 1. The lowest BCUT2D eigenvalue weighted by atomic mass is 10.1. The lowest BCUT2D eigenvalue weighted by Crippen LogP contribution is -2.36. The first-order valence-electron chi connectivity index (χ1n) is 9.35. The number of oxazole rings is 1. The number of methoxy groups -OCH3 is 1. The molecule has 1 aromatic heterocycles. The van der Waals surface area contributed by atoms with E-state index < -0.39 is 5.60 Å². The summed E-state index contributed by atoms with van der Waals surface area (Å²) in [5, 5.41) is 0. The van der Waals surface area contributed by atoms with Gasteiger partial charge in [0.05, 0.1) is 12.8 Å². The molecule has 0 aliphatic rings. The van der Waals surface area contributed by atoms with Crippen LogP contribution in [-0.4, -0.2) is 30.3 Å². The van der Waals surface area contributed by atoms with Gasteiger partial charge in [0.15, 0.2) is 5.60 Å². The number of halogens is 1. The van der Waals surface area contributed by atoms with E-state index >= 15 is 0 Å². The largest absolute Gasteiger partial charge is 0.467 e. The predicted molar refractivity (Wildman–Crippen MR) is 101 cm³/mol. The summed E-state index contributed by atoms with van der Waals surface area (Å²) in [6, 6.07) is 6.12. The van der Waals surface area contributed by atoms with Gasteiger partial charge in [0, 0.05) is 12.2 Å². The topological polar surface area (TPSA) is 61.6 Å². The number of aryl methyl sites for hydroxylation is 1. The molecule has 0 bridgehead atoms. The molecule has 0 atom stereocenters. The highest BCUT2D eigenvalue weighted by atomic mass is 19.1. The first-order chi connectivity index (χ1) is 12.9. The molecule has 0 aliphatic heterocycles. The molecule has 1 heterocycles. The average molecular weight is 377 g/mol. The molecule has 0 aliphatic carbocycles. The van der Waals surface area contributed by atoms with Crippen molar-refractivity contribution in [1.29, 1.82) is 0 Å². The number of unbranched alkanes of at least 4 members (excludes halogenated alkanes) is 4. The van der Waals surface area contributed by atoms with Crippen LogP contribution in [0.2, 0.25) is 0 Å². The quantitative estimate of drug-likeness (QED) is 0.410. The number of nitrogens with zero attached hydrogens (tertiary/aromatic N) is 1. The standard InChI is InChI=1S/C21H28FNO4/c1-21(2,20(24)25-3)27-14-8-6-4-5-7-9-18-15-26-19(23-18)16-10-12-17(22)13-11-16/h10-13,15H,4-9,14H2,1-3H3. The Kier molecular flexibility index (Phi) is 7.98. The SMILES string of the molecule is COC(=O)C(C)(C)OCCCCCCCc1coc(-c2ccc(F)cc2)n1. The van der Waals surface area contributed by atoms with E-state index in [1.165, 1.54) is 19.2 Å². The maximum absolute atomic E-state index is 13.0. The third-order valence-corrected chi connectivity index (χ3v) is 4.36. The minimum Gasteiger partial charge on any atom is -0.467 e. The summed E-state index contributed by atoms with van der Waals surface area (Å²) in [6.07, 6.45) is 7.72. The van der Waals surface area contributed by atoms with Crippen molar-refractivity contribution in [3.8, 4) is 11.5 Å². The fourth-order valence-electron chi connectivity index (χ4n) is 2.72. The molecule has 0 radical (unpaired) electrons. The van der Waals surface area contributed by atoms with E-state index in [-0.39, 0.29) is 11.8 Å².